The fourth-order valence-electron chi connectivity index (χ4n) is 3.27. The molecule has 164 valence electrons. The summed E-state index contributed by atoms with van der Waals surface area (Å²) in [6, 6.07) is 26.2. The predicted molar refractivity (Wildman–Crippen MR) is 121 cm³/mol. The monoisotopic (exact) mass is 470 g/mol. The number of aryl methyl sites for hydroxylation is 1. The van der Waals surface area contributed by atoms with Gasteiger partial charge < -0.3 is 0 Å². The van der Waals surface area contributed by atoms with Crippen LogP contribution < -0.4 is 0 Å². The Bertz CT molecular complexity index is 1260. The smallest absolute Gasteiger partial charge is 0.207 e. The van der Waals surface area contributed by atoms with E-state index >= 15 is 0 Å². The molecule has 0 saturated carbocycles. The summed E-state index contributed by atoms with van der Waals surface area (Å²) in [5.74, 6) is -0.925. The van der Waals surface area contributed by atoms with Crippen LogP contribution in [0.25, 0.3) is 0 Å². The quantitative estimate of drug-likeness (QED) is 0.309. The van der Waals surface area contributed by atoms with Gasteiger partial charge in [-0.1, -0.05) is 35.9 Å². The number of hydrogen-bond donors (Lipinski definition) is 0. The lowest BCUT2D eigenvalue weighted by Crippen LogP contribution is -2.14. The van der Waals surface area contributed by atoms with Crippen molar-refractivity contribution in [2.75, 3.05) is 0 Å². The Morgan fingerprint density at radius 2 is 0.969 bits per heavy atom. The zero-order valence-electron chi connectivity index (χ0n) is 17.1. The summed E-state index contributed by atoms with van der Waals surface area (Å²) in [4.78, 5) is 1.51. The van der Waals surface area contributed by atoms with Crippen LogP contribution in [0.4, 0.5) is 8.78 Å². The first-order chi connectivity index (χ1) is 15.3. The van der Waals surface area contributed by atoms with Crippen LogP contribution in [0, 0.1) is 18.6 Å². The van der Waals surface area contributed by atoms with E-state index < -0.39 is 32.1 Å². The highest BCUT2D eigenvalue weighted by Gasteiger charge is 2.38. The van der Waals surface area contributed by atoms with Crippen molar-refractivity contribution in [3.8, 4) is 0 Å². The van der Waals surface area contributed by atoms with Gasteiger partial charge in [-0.05, 0) is 90.0 Å². The maximum absolute atomic E-state index is 13.8. The largest absolute Gasteiger partial charge is 0.307 e. The second-order valence-corrected chi connectivity index (χ2v) is 11.6. The summed E-state index contributed by atoms with van der Waals surface area (Å²) >= 11 is 0. The maximum Gasteiger partial charge on any atom is 0.307 e. The molecule has 32 heavy (non-hydrogen) atoms. The summed E-state index contributed by atoms with van der Waals surface area (Å²) in [5.41, 5.74) is 0.905. The van der Waals surface area contributed by atoms with E-state index in [9.17, 15) is 17.2 Å². The van der Waals surface area contributed by atoms with E-state index in [2.05, 4.69) is 0 Å². The molecule has 7 heteroatoms. The van der Waals surface area contributed by atoms with Gasteiger partial charge in [-0.15, -0.1) is 0 Å². The molecule has 4 aromatic carbocycles. The Balaban J connectivity index is 2.01. The zero-order chi connectivity index (χ0) is 22.8. The van der Waals surface area contributed by atoms with Gasteiger partial charge in [-0.25, -0.2) is 12.4 Å². The van der Waals surface area contributed by atoms with Crippen molar-refractivity contribution < 1.29 is 20.8 Å². The summed E-state index contributed by atoms with van der Waals surface area (Å²) in [6.45, 7) is 1.85. The standard InChI is InChI=1S/C25H20F2O3S2/c1-19-7-13-25(14-8-19)32(28,29)30-31(22-5-3-2-4-6-22,23-15-9-20(26)10-16-23)24-17-11-21(27)12-18-24/h2-18H,1H3. The van der Waals surface area contributed by atoms with Crippen LogP contribution in [-0.4, -0.2) is 8.42 Å². The topological polar surface area (TPSA) is 43.4 Å². The second kappa shape index (κ2) is 8.86. The van der Waals surface area contributed by atoms with Gasteiger partial charge in [0.1, 0.15) is 11.6 Å². The molecule has 0 radical (unpaired) electrons. The summed E-state index contributed by atoms with van der Waals surface area (Å²) in [6.07, 6.45) is 0. The van der Waals surface area contributed by atoms with Crippen LogP contribution in [0.1, 0.15) is 5.56 Å². The minimum atomic E-state index is -4.25. The molecule has 0 unspecified atom stereocenters. The van der Waals surface area contributed by atoms with Crippen molar-refractivity contribution in [3.63, 3.8) is 0 Å². The van der Waals surface area contributed by atoms with Gasteiger partial charge in [0, 0.05) is 14.7 Å². The molecule has 0 aromatic heterocycles. The third-order valence-corrected chi connectivity index (χ3v) is 10.1. The van der Waals surface area contributed by atoms with Crippen LogP contribution >= 0.6 is 10.3 Å². The first-order valence-corrected chi connectivity index (χ1v) is 12.7. The zero-order valence-corrected chi connectivity index (χ0v) is 18.7. The van der Waals surface area contributed by atoms with E-state index in [1.54, 1.807) is 42.5 Å². The van der Waals surface area contributed by atoms with Crippen LogP contribution in [-0.2, 0) is 13.7 Å². The Morgan fingerprint density at radius 3 is 1.44 bits per heavy atom. The fraction of sp³-hybridized carbons (Fsp3) is 0.0400. The molecule has 0 atom stereocenters. The highest BCUT2D eigenvalue weighted by molar-refractivity contribution is 8.33. The normalized spacial score (nSPS) is 12.5. The average Bonchev–Trinajstić information content (AvgIpc) is 2.79. The lowest BCUT2D eigenvalue weighted by molar-refractivity contribution is 0.508. The van der Waals surface area contributed by atoms with Crippen LogP contribution in [0.5, 0.6) is 0 Å². The Morgan fingerprint density at radius 1 is 0.562 bits per heavy atom. The van der Waals surface area contributed by atoms with E-state index in [1.165, 1.54) is 60.7 Å². The highest BCUT2D eigenvalue weighted by Crippen LogP contribution is 2.70. The molecule has 0 heterocycles. The van der Waals surface area contributed by atoms with E-state index in [-0.39, 0.29) is 4.90 Å². The summed E-state index contributed by atoms with van der Waals surface area (Å²) < 4.78 is 60.6. The van der Waals surface area contributed by atoms with E-state index in [4.69, 9.17) is 3.63 Å². The van der Waals surface area contributed by atoms with Gasteiger partial charge in [0.25, 0.3) is 0 Å². The molecule has 0 aliphatic heterocycles. The molecule has 0 amide bonds. The lowest BCUT2D eigenvalue weighted by Gasteiger charge is -2.39. The molecule has 0 fully saturated rings. The first kappa shape index (κ1) is 22.2. The van der Waals surface area contributed by atoms with Gasteiger partial charge in [-0.3, -0.25) is 0 Å². The highest BCUT2D eigenvalue weighted by atomic mass is 32.3. The second-order valence-electron chi connectivity index (χ2n) is 7.11. The molecule has 0 aliphatic carbocycles. The van der Waals surface area contributed by atoms with Gasteiger partial charge in [0.2, 0.25) is 0 Å². The minimum Gasteiger partial charge on any atom is -0.207 e. The van der Waals surface area contributed by atoms with Gasteiger partial charge in [0.05, 0.1) is 4.90 Å². The van der Waals surface area contributed by atoms with Crippen molar-refractivity contribution in [2.24, 2.45) is 0 Å². The fourth-order valence-corrected chi connectivity index (χ4v) is 8.47. The molecular weight excluding hydrogens is 450 g/mol. The van der Waals surface area contributed by atoms with Gasteiger partial charge in [0.15, 0.2) is 0 Å². The van der Waals surface area contributed by atoms with Crippen molar-refractivity contribution in [3.05, 3.63) is 120 Å². The lowest BCUT2D eigenvalue weighted by atomic mass is 10.2. The number of hydrogen-bond acceptors (Lipinski definition) is 3. The third-order valence-electron chi connectivity index (χ3n) is 4.87. The van der Waals surface area contributed by atoms with Crippen LogP contribution in [0.3, 0.4) is 0 Å². The van der Waals surface area contributed by atoms with Crippen LogP contribution in [0.2, 0.25) is 0 Å². The molecule has 0 aliphatic rings. The molecule has 4 rings (SSSR count). The molecule has 0 saturated heterocycles. The Hall–Kier alpha value is -3.00. The SMILES string of the molecule is Cc1ccc(S(=O)(=O)OS(c2ccccc2)(c2ccc(F)cc2)c2ccc(F)cc2)cc1. The minimum absolute atomic E-state index is 0.000120. The van der Waals surface area contributed by atoms with E-state index in [0.29, 0.717) is 14.7 Å². The van der Waals surface area contributed by atoms with Crippen molar-refractivity contribution >= 4 is 20.4 Å². The number of benzene rings is 4. The number of rotatable bonds is 6. The Labute approximate surface area is 188 Å². The van der Waals surface area contributed by atoms with Crippen molar-refractivity contribution in [2.45, 2.75) is 26.5 Å². The molecule has 0 spiro atoms. The van der Waals surface area contributed by atoms with Crippen LogP contribution in [0.15, 0.2) is 123 Å². The molecule has 4 aromatic rings. The predicted octanol–water partition coefficient (Wildman–Crippen LogP) is 6.88. The maximum atomic E-state index is 13.8. The third kappa shape index (κ3) is 4.32. The van der Waals surface area contributed by atoms with Gasteiger partial charge >= 0.3 is 10.1 Å². The summed E-state index contributed by atoms with van der Waals surface area (Å²) in [5, 5.41) is 0. The van der Waals surface area contributed by atoms with Crippen molar-refractivity contribution in [1.82, 2.24) is 0 Å². The molecule has 0 N–H and O–H groups in total. The molecular formula is C25H20F2O3S2. The Kier molecular flexibility index (Phi) is 6.15. The first-order valence-electron chi connectivity index (χ1n) is 9.74. The van der Waals surface area contributed by atoms with E-state index in [1.807, 2.05) is 6.92 Å². The van der Waals surface area contributed by atoms with Crippen molar-refractivity contribution in [1.29, 1.82) is 0 Å². The average molecular weight is 471 g/mol. The molecule has 0 bridgehead atoms. The van der Waals surface area contributed by atoms with E-state index in [0.717, 1.165) is 5.56 Å². The van der Waals surface area contributed by atoms with Gasteiger partial charge in [-0.2, -0.15) is 8.42 Å². The summed E-state index contributed by atoms with van der Waals surface area (Å²) in [7, 11) is -7.15. The molecule has 3 nitrogen and oxygen atoms in total. The number of halogens is 2.